The number of carbonyl (C=O) groups excluding carboxylic acids is 1. The van der Waals surface area contributed by atoms with Crippen LogP contribution in [0, 0.1) is 30.1 Å². The van der Waals surface area contributed by atoms with E-state index in [1.807, 2.05) is 19.9 Å². The monoisotopic (exact) mass is 404 g/mol. The number of phenols is 2. The lowest BCUT2D eigenvalue weighted by Crippen LogP contribution is -2.74. The lowest BCUT2D eigenvalue weighted by Gasteiger charge is -2.65. The number of aliphatic hydroxyl groups is 3. The van der Waals surface area contributed by atoms with Crippen LogP contribution in [0.25, 0.3) is 0 Å². The van der Waals surface area contributed by atoms with Crippen molar-refractivity contribution in [3.63, 3.8) is 0 Å². The highest BCUT2D eigenvalue weighted by Crippen LogP contribution is 2.67. The first-order valence-corrected chi connectivity index (χ1v) is 10.0. The summed E-state index contributed by atoms with van der Waals surface area (Å²) in [7, 11) is 0. The quantitative estimate of drug-likeness (QED) is 0.383. The number of carbonyl (C=O) groups is 1. The molecule has 7 heteroatoms. The highest BCUT2D eigenvalue weighted by molar-refractivity contribution is 5.94. The number of aliphatic hydroxyl groups excluding tert-OH is 2. The Morgan fingerprint density at radius 3 is 2.62 bits per heavy atom. The first-order valence-electron chi connectivity index (χ1n) is 10.0. The van der Waals surface area contributed by atoms with E-state index in [4.69, 9.17) is 4.74 Å². The van der Waals surface area contributed by atoms with Crippen molar-refractivity contribution in [2.75, 3.05) is 6.61 Å². The second-order valence-corrected chi connectivity index (χ2v) is 9.18. The van der Waals surface area contributed by atoms with Gasteiger partial charge in [-0.2, -0.15) is 0 Å². The third-order valence-corrected chi connectivity index (χ3v) is 7.57. The van der Waals surface area contributed by atoms with E-state index in [0.717, 1.165) is 12.5 Å². The van der Waals surface area contributed by atoms with Gasteiger partial charge in [0, 0.05) is 17.4 Å². The molecular formula is C22H28O7. The van der Waals surface area contributed by atoms with Gasteiger partial charge in [-0.1, -0.05) is 19.9 Å². The van der Waals surface area contributed by atoms with Crippen LogP contribution in [0.2, 0.25) is 0 Å². The SMILES string of the molecule is Cc1cc(O)cc(O)c1C(=O)O[C@@H]1C[C@]2(C)[C@H]3[C@@H](O)[C@H](C)C[C@H]3C=C(CO)[C@]12O. The van der Waals surface area contributed by atoms with Crippen LogP contribution in [0.5, 0.6) is 11.5 Å². The van der Waals surface area contributed by atoms with Crippen LogP contribution < -0.4 is 0 Å². The highest BCUT2D eigenvalue weighted by atomic mass is 16.6. The predicted molar refractivity (Wildman–Crippen MR) is 103 cm³/mol. The Bertz CT molecular complexity index is 870. The van der Waals surface area contributed by atoms with Gasteiger partial charge in [0.15, 0.2) is 0 Å². The number of benzene rings is 1. The van der Waals surface area contributed by atoms with Gasteiger partial charge in [-0.25, -0.2) is 4.79 Å². The fourth-order valence-corrected chi connectivity index (χ4v) is 6.12. The Kier molecular flexibility index (Phi) is 4.49. The first kappa shape index (κ1) is 20.2. The molecule has 5 N–H and O–H groups in total. The molecule has 0 amide bonds. The van der Waals surface area contributed by atoms with Gasteiger partial charge in [-0.3, -0.25) is 0 Å². The van der Waals surface area contributed by atoms with E-state index in [1.54, 1.807) is 6.92 Å². The smallest absolute Gasteiger partial charge is 0.342 e. The number of hydrogen-bond acceptors (Lipinski definition) is 7. The molecule has 0 saturated heterocycles. The molecular weight excluding hydrogens is 376 g/mol. The Labute approximate surface area is 169 Å². The maximum absolute atomic E-state index is 12.8. The molecule has 3 aliphatic carbocycles. The van der Waals surface area contributed by atoms with Crippen molar-refractivity contribution in [2.24, 2.45) is 23.2 Å². The summed E-state index contributed by atoms with van der Waals surface area (Å²) in [5, 5.41) is 51.9. The Morgan fingerprint density at radius 2 is 2.00 bits per heavy atom. The average Bonchev–Trinajstić information content (AvgIpc) is 2.91. The van der Waals surface area contributed by atoms with Crippen molar-refractivity contribution in [3.05, 3.63) is 34.9 Å². The zero-order chi connectivity index (χ0) is 21.3. The number of aromatic hydroxyl groups is 2. The Balaban J connectivity index is 1.66. The molecule has 7 atom stereocenters. The van der Waals surface area contributed by atoms with Crippen molar-refractivity contribution in [2.45, 2.75) is 51.4 Å². The van der Waals surface area contributed by atoms with Crippen LogP contribution in [-0.2, 0) is 4.74 Å². The summed E-state index contributed by atoms with van der Waals surface area (Å²) < 4.78 is 5.59. The largest absolute Gasteiger partial charge is 0.508 e. The molecule has 7 nitrogen and oxygen atoms in total. The van der Waals surface area contributed by atoms with Gasteiger partial charge in [-0.05, 0) is 48.8 Å². The van der Waals surface area contributed by atoms with Gasteiger partial charge in [0.25, 0.3) is 0 Å². The van der Waals surface area contributed by atoms with Crippen LogP contribution >= 0.6 is 0 Å². The number of aryl methyl sites for hydroxylation is 1. The standard InChI is InChI=1S/C22H28O7/c1-10-5-14(24)7-15(25)17(10)20(27)29-16-8-21(3)18-12(4-11(2)19(18)26)6-13(9-23)22(16,21)28/h5-7,11-12,16,18-19,23-26,28H,4,8-9H2,1-3H3/t11-,12+,16-,18-,19+,21-,22+/m1/s1. The van der Waals surface area contributed by atoms with Crippen molar-refractivity contribution < 1.29 is 35.1 Å². The predicted octanol–water partition coefficient (Wildman–Crippen LogP) is 1.64. The number of rotatable bonds is 3. The molecule has 1 aromatic rings. The highest BCUT2D eigenvalue weighted by Gasteiger charge is 2.73. The number of allylic oxidation sites excluding steroid dienone is 1. The molecule has 2 saturated carbocycles. The first-order chi connectivity index (χ1) is 13.5. The van der Waals surface area contributed by atoms with Crippen LogP contribution in [-0.4, -0.2) is 55.9 Å². The minimum Gasteiger partial charge on any atom is -0.508 e. The normalized spacial score (nSPS) is 40.5. The minimum atomic E-state index is -1.58. The summed E-state index contributed by atoms with van der Waals surface area (Å²) in [5.74, 6) is -1.41. The van der Waals surface area contributed by atoms with E-state index in [0.29, 0.717) is 17.6 Å². The van der Waals surface area contributed by atoms with Crippen LogP contribution in [0.4, 0.5) is 0 Å². The third-order valence-electron chi connectivity index (χ3n) is 7.57. The molecule has 0 radical (unpaired) electrons. The van der Waals surface area contributed by atoms with Gasteiger partial charge in [0.05, 0.1) is 12.7 Å². The summed E-state index contributed by atoms with van der Waals surface area (Å²) in [4.78, 5) is 12.8. The molecule has 0 heterocycles. The van der Waals surface area contributed by atoms with Gasteiger partial charge in [0.1, 0.15) is 28.8 Å². The van der Waals surface area contributed by atoms with Crippen LogP contribution in [0.1, 0.15) is 42.6 Å². The Morgan fingerprint density at radius 1 is 1.31 bits per heavy atom. The molecule has 4 rings (SSSR count). The second kappa shape index (κ2) is 6.45. The molecule has 158 valence electrons. The number of hydrogen-bond donors (Lipinski definition) is 5. The molecule has 0 spiro atoms. The molecule has 0 aliphatic heterocycles. The van der Waals surface area contributed by atoms with E-state index in [2.05, 4.69) is 0 Å². The van der Waals surface area contributed by atoms with Crippen molar-refractivity contribution in [3.8, 4) is 11.5 Å². The number of esters is 1. The lowest BCUT2D eigenvalue weighted by atomic mass is 9.44. The minimum absolute atomic E-state index is 0.0625. The molecule has 2 fully saturated rings. The van der Waals surface area contributed by atoms with Crippen molar-refractivity contribution in [1.29, 1.82) is 0 Å². The molecule has 3 aliphatic rings. The fourth-order valence-electron chi connectivity index (χ4n) is 6.12. The number of fused-ring (bicyclic) bond motifs is 3. The lowest BCUT2D eigenvalue weighted by molar-refractivity contribution is -0.259. The molecule has 1 aromatic carbocycles. The van der Waals surface area contributed by atoms with Crippen molar-refractivity contribution >= 4 is 5.97 Å². The maximum Gasteiger partial charge on any atom is 0.342 e. The number of phenolic OH excluding ortho intramolecular Hbond substituents is 2. The van der Waals surface area contributed by atoms with Gasteiger partial charge >= 0.3 is 5.97 Å². The van der Waals surface area contributed by atoms with Gasteiger partial charge in [-0.15, -0.1) is 0 Å². The average molecular weight is 404 g/mol. The van der Waals surface area contributed by atoms with E-state index < -0.39 is 34.9 Å². The molecule has 0 unspecified atom stereocenters. The van der Waals surface area contributed by atoms with Crippen molar-refractivity contribution in [1.82, 2.24) is 0 Å². The van der Waals surface area contributed by atoms with E-state index >= 15 is 0 Å². The summed E-state index contributed by atoms with van der Waals surface area (Å²) in [6, 6.07) is 2.40. The van der Waals surface area contributed by atoms with E-state index in [1.165, 1.54) is 6.07 Å². The zero-order valence-corrected chi connectivity index (χ0v) is 16.8. The molecule has 0 aromatic heterocycles. The molecule has 0 bridgehead atoms. The zero-order valence-electron chi connectivity index (χ0n) is 16.8. The van der Waals surface area contributed by atoms with Crippen LogP contribution in [0.15, 0.2) is 23.8 Å². The summed E-state index contributed by atoms with van der Waals surface area (Å²) >= 11 is 0. The van der Waals surface area contributed by atoms with Crippen LogP contribution in [0.3, 0.4) is 0 Å². The Hall–Kier alpha value is -2.09. The third kappa shape index (κ3) is 2.57. The maximum atomic E-state index is 12.8. The number of ether oxygens (including phenoxy) is 1. The summed E-state index contributed by atoms with van der Waals surface area (Å²) in [5.41, 5.74) is -1.62. The fraction of sp³-hybridized carbons (Fsp3) is 0.591. The van der Waals surface area contributed by atoms with E-state index in [-0.39, 0.29) is 35.7 Å². The van der Waals surface area contributed by atoms with Gasteiger partial charge < -0.3 is 30.3 Å². The van der Waals surface area contributed by atoms with E-state index in [9.17, 15) is 30.3 Å². The molecule has 29 heavy (non-hydrogen) atoms. The topological polar surface area (TPSA) is 127 Å². The second-order valence-electron chi connectivity index (χ2n) is 9.18. The summed E-state index contributed by atoms with van der Waals surface area (Å²) in [6.45, 7) is 5.06. The summed E-state index contributed by atoms with van der Waals surface area (Å²) in [6.07, 6.45) is 1.48. The van der Waals surface area contributed by atoms with Gasteiger partial charge in [0.2, 0.25) is 0 Å².